The minimum Gasteiger partial charge on any atom is -0.384 e. The highest BCUT2D eigenvalue weighted by Gasteiger charge is 2.47. The number of aryl methyl sites for hydroxylation is 1. The average Bonchev–Trinajstić information content (AvgIpc) is 3.12. The standard InChI is InChI=1S/C16H28N4O2S/c1-13-17-18-15(23-13)20-6-4-16(5-7-20)12-19(8-9-21-2)10-14(16)11-22-3/h14H,4-12H2,1-3H3. The molecular weight excluding hydrogens is 312 g/mol. The van der Waals surface area contributed by atoms with E-state index in [9.17, 15) is 0 Å². The molecule has 7 heteroatoms. The van der Waals surface area contributed by atoms with Crippen LogP contribution in [0.1, 0.15) is 17.8 Å². The van der Waals surface area contributed by atoms with Crippen molar-refractivity contribution in [1.82, 2.24) is 15.1 Å². The topological polar surface area (TPSA) is 50.7 Å². The van der Waals surface area contributed by atoms with Crippen molar-refractivity contribution >= 4 is 16.5 Å². The second-order valence-corrected chi connectivity index (χ2v) is 7.99. The Balaban J connectivity index is 1.64. The molecule has 2 saturated heterocycles. The summed E-state index contributed by atoms with van der Waals surface area (Å²) >= 11 is 1.70. The van der Waals surface area contributed by atoms with Crippen LogP contribution in [-0.4, -0.2) is 75.3 Å². The lowest BCUT2D eigenvalue weighted by Gasteiger charge is -2.42. The first-order valence-electron chi connectivity index (χ1n) is 8.42. The molecule has 0 aliphatic carbocycles. The zero-order chi connectivity index (χ0) is 16.3. The van der Waals surface area contributed by atoms with E-state index in [1.54, 1.807) is 18.4 Å². The molecule has 23 heavy (non-hydrogen) atoms. The number of likely N-dealkylation sites (tertiary alicyclic amines) is 1. The van der Waals surface area contributed by atoms with Gasteiger partial charge in [-0.25, -0.2) is 0 Å². The van der Waals surface area contributed by atoms with Crippen LogP contribution in [0.15, 0.2) is 0 Å². The summed E-state index contributed by atoms with van der Waals surface area (Å²) < 4.78 is 10.8. The molecule has 1 aromatic heterocycles. The van der Waals surface area contributed by atoms with E-state index in [2.05, 4.69) is 20.0 Å². The van der Waals surface area contributed by atoms with E-state index < -0.39 is 0 Å². The quantitative estimate of drug-likeness (QED) is 0.785. The van der Waals surface area contributed by atoms with E-state index in [-0.39, 0.29) is 0 Å². The normalized spacial score (nSPS) is 24.7. The molecule has 0 saturated carbocycles. The average molecular weight is 340 g/mol. The summed E-state index contributed by atoms with van der Waals surface area (Å²) in [5.74, 6) is 0.627. The van der Waals surface area contributed by atoms with Crippen molar-refractivity contribution < 1.29 is 9.47 Å². The van der Waals surface area contributed by atoms with Gasteiger partial charge < -0.3 is 19.3 Å². The molecule has 0 bridgehead atoms. The molecular formula is C16H28N4O2S. The third-order valence-electron chi connectivity index (χ3n) is 5.41. The lowest BCUT2D eigenvalue weighted by molar-refractivity contribution is 0.0761. The Morgan fingerprint density at radius 3 is 2.61 bits per heavy atom. The van der Waals surface area contributed by atoms with Crippen LogP contribution in [-0.2, 0) is 9.47 Å². The maximum atomic E-state index is 5.53. The summed E-state index contributed by atoms with van der Waals surface area (Å²) in [5.41, 5.74) is 0.389. The number of piperidine rings is 1. The highest BCUT2D eigenvalue weighted by atomic mass is 32.1. The third-order valence-corrected chi connectivity index (χ3v) is 6.31. The highest BCUT2D eigenvalue weighted by molar-refractivity contribution is 7.15. The van der Waals surface area contributed by atoms with Crippen molar-refractivity contribution in [2.24, 2.45) is 11.3 Å². The molecule has 0 aromatic carbocycles. The van der Waals surface area contributed by atoms with Crippen molar-refractivity contribution in [2.45, 2.75) is 19.8 Å². The van der Waals surface area contributed by atoms with Crippen LogP contribution in [0.25, 0.3) is 0 Å². The van der Waals surface area contributed by atoms with Gasteiger partial charge in [-0.15, -0.1) is 10.2 Å². The molecule has 1 unspecified atom stereocenters. The molecule has 0 amide bonds. The summed E-state index contributed by atoms with van der Waals surface area (Å²) in [4.78, 5) is 4.95. The van der Waals surface area contributed by atoms with Crippen LogP contribution >= 0.6 is 11.3 Å². The van der Waals surface area contributed by atoms with E-state index in [0.717, 1.165) is 49.5 Å². The molecule has 0 radical (unpaired) electrons. The van der Waals surface area contributed by atoms with Crippen molar-refractivity contribution in [3.8, 4) is 0 Å². The van der Waals surface area contributed by atoms with Gasteiger partial charge in [0.05, 0.1) is 13.2 Å². The number of methoxy groups -OCH3 is 2. The van der Waals surface area contributed by atoms with Gasteiger partial charge in [-0.2, -0.15) is 0 Å². The summed E-state index contributed by atoms with van der Waals surface area (Å²) in [6, 6.07) is 0. The minimum absolute atomic E-state index is 0.389. The van der Waals surface area contributed by atoms with Gasteiger partial charge in [0, 0.05) is 52.9 Å². The molecule has 3 heterocycles. The van der Waals surface area contributed by atoms with Gasteiger partial charge in [0.15, 0.2) is 0 Å². The van der Waals surface area contributed by atoms with E-state index in [0.29, 0.717) is 11.3 Å². The monoisotopic (exact) mass is 340 g/mol. The Bertz CT molecular complexity index is 502. The smallest absolute Gasteiger partial charge is 0.208 e. The van der Waals surface area contributed by atoms with Gasteiger partial charge >= 0.3 is 0 Å². The maximum Gasteiger partial charge on any atom is 0.208 e. The van der Waals surface area contributed by atoms with Crippen LogP contribution in [0.4, 0.5) is 5.13 Å². The van der Waals surface area contributed by atoms with E-state index in [1.165, 1.54) is 19.4 Å². The maximum absolute atomic E-state index is 5.53. The number of ether oxygens (including phenoxy) is 2. The fraction of sp³-hybridized carbons (Fsp3) is 0.875. The van der Waals surface area contributed by atoms with Gasteiger partial charge in [0.2, 0.25) is 5.13 Å². The van der Waals surface area contributed by atoms with E-state index in [4.69, 9.17) is 9.47 Å². The molecule has 2 fully saturated rings. The molecule has 1 aromatic rings. The molecule has 2 aliphatic heterocycles. The second-order valence-electron chi connectivity index (χ2n) is 6.83. The summed E-state index contributed by atoms with van der Waals surface area (Å²) in [7, 11) is 3.60. The predicted octanol–water partition coefficient (Wildman–Crippen LogP) is 1.66. The van der Waals surface area contributed by atoms with Gasteiger partial charge in [-0.1, -0.05) is 11.3 Å². The Morgan fingerprint density at radius 1 is 1.22 bits per heavy atom. The Kier molecular flexibility index (Phi) is 5.51. The number of hydrogen-bond acceptors (Lipinski definition) is 7. The van der Waals surface area contributed by atoms with Gasteiger partial charge in [-0.3, -0.25) is 0 Å². The number of aromatic nitrogens is 2. The Labute approximate surface area is 142 Å². The first-order chi connectivity index (χ1) is 11.2. The van der Waals surface area contributed by atoms with Crippen LogP contribution < -0.4 is 4.90 Å². The minimum atomic E-state index is 0.389. The Hall–Kier alpha value is -0.760. The molecule has 130 valence electrons. The van der Waals surface area contributed by atoms with Crippen molar-refractivity contribution in [2.75, 3.05) is 65.1 Å². The lowest BCUT2D eigenvalue weighted by atomic mass is 9.71. The van der Waals surface area contributed by atoms with Crippen molar-refractivity contribution in [3.63, 3.8) is 0 Å². The van der Waals surface area contributed by atoms with Crippen LogP contribution in [0.5, 0.6) is 0 Å². The van der Waals surface area contributed by atoms with Crippen LogP contribution in [0.3, 0.4) is 0 Å². The second kappa shape index (κ2) is 7.42. The van der Waals surface area contributed by atoms with Crippen LogP contribution in [0.2, 0.25) is 0 Å². The van der Waals surface area contributed by atoms with Crippen molar-refractivity contribution in [1.29, 1.82) is 0 Å². The van der Waals surface area contributed by atoms with Crippen molar-refractivity contribution in [3.05, 3.63) is 5.01 Å². The molecule has 0 N–H and O–H groups in total. The molecule has 1 spiro atoms. The molecule has 2 aliphatic rings. The first kappa shape index (κ1) is 17.1. The number of anilines is 1. The molecule has 1 atom stereocenters. The fourth-order valence-corrected chi connectivity index (χ4v) is 4.83. The summed E-state index contributed by atoms with van der Waals surface area (Å²) in [6.45, 7) is 9.18. The third kappa shape index (κ3) is 3.68. The van der Waals surface area contributed by atoms with Gasteiger partial charge in [-0.05, 0) is 25.2 Å². The molecule has 3 rings (SSSR count). The predicted molar refractivity (Wildman–Crippen MR) is 92.2 cm³/mol. The summed E-state index contributed by atoms with van der Waals surface area (Å²) in [6.07, 6.45) is 2.42. The zero-order valence-corrected chi connectivity index (χ0v) is 15.3. The SMILES string of the molecule is COCCN1CC(COC)C2(CCN(c3nnc(C)s3)CC2)C1. The number of rotatable bonds is 6. The summed E-state index contributed by atoms with van der Waals surface area (Å²) in [5, 5.41) is 10.6. The van der Waals surface area contributed by atoms with Gasteiger partial charge in [0.1, 0.15) is 5.01 Å². The van der Waals surface area contributed by atoms with E-state index in [1.807, 2.05) is 14.0 Å². The zero-order valence-electron chi connectivity index (χ0n) is 14.5. The molecule has 6 nitrogen and oxygen atoms in total. The van der Waals surface area contributed by atoms with Gasteiger partial charge in [0.25, 0.3) is 0 Å². The first-order valence-corrected chi connectivity index (χ1v) is 9.24. The van der Waals surface area contributed by atoms with Crippen LogP contribution in [0, 0.1) is 18.3 Å². The number of hydrogen-bond donors (Lipinski definition) is 0. The Morgan fingerprint density at radius 2 is 2.00 bits per heavy atom. The highest BCUT2D eigenvalue weighted by Crippen LogP contribution is 2.45. The lowest BCUT2D eigenvalue weighted by Crippen LogP contribution is -2.45. The fourth-order valence-electron chi connectivity index (χ4n) is 4.09. The largest absolute Gasteiger partial charge is 0.384 e. The van der Waals surface area contributed by atoms with E-state index >= 15 is 0 Å². The number of nitrogens with zero attached hydrogens (tertiary/aromatic N) is 4.